The molecule has 0 aliphatic carbocycles. The number of ether oxygens (including phenoxy) is 1. The molecule has 0 radical (unpaired) electrons. The lowest BCUT2D eigenvalue weighted by atomic mass is 10.1. The quantitative estimate of drug-likeness (QED) is 0.630. The number of halogens is 1. The molecule has 0 spiro atoms. The fourth-order valence-corrected chi connectivity index (χ4v) is 1.71. The smallest absolute Gasteiger partial charge is 0.338 e. The van der Waals surface area contributed by atoms with Gasteiger partial charge in [-0.1, -0.05) is 11.6 Å². The fourth-order valence-electron chi connectivity index (χ4n) is 1.50. The molecule has 18 heavy (non-hydrogen) atoms. The van der Waals surface area contributed by atoms with Crippen molar-refractivity contribution >= 4 is 17.6 Å². The number of aromatic nitrogens is 2. The molecule has 2 aromatic heterocycles. The zero-order valence-electron chi connectivity index (χ0n) is 9.76. The average molecular weight is 263 g/mol. The first-order valence-electron chi connectivity index (χ1n) is 5.46. The first kappa shape index (κ1) is 12.5. The van der Waals surface area contributed by atoms with Gasteiger partial charge in [0.2, 0.25) is 0 Å². The Labute approximate surface area is 110 Å². The number of hydrogen-bond acceptors (Lipinski definition) is 4. The molecule has 2 rings (SSSR count). The van der Waals surface area contributed by atoms with Gasteiger partial charge < -0.3 is 4.74 Å². The highest BCUT2D eigenvalue weighted by molar-refractivity contribution is 6.29. The van der Waals surface area contributed by atoms with Crippen LogP contribution in [0.5, 0.6) is 0 Å². The van der Waals surface area contributed by atoms with E-state index in [1.807, 2.05) is 0 Å². The summed E-state index contributed by atoms with van der Waals surface area (Å²) < 4.78 is 4.94. The van der Waals surface area contributed by atoms with Crippen molar-refractivity contribution < 1.29 is 9.53 Å². The zero-order chi connectivity index (χ0) is 13.0. The van der Waals surface area contributed by atoms with Crippen LogP contribution in [0.4, 0.5) is 0 Å². The Morgan fingerprint density at radius 3 is 2.72 bits per heavy atom. The zero-order valence-corrected chi connectivity index (χ0v) is 10.5. The number of pyridine rings is 2. The SMILES string of the molecule is CCOC(=O)c1cc(Cl)nc(-c2ccncc2)c1. The van der Waals surface area contributed by atoms with E-state index in [2.05, 4.69) is 9.97 Å². The Bertz CT molecular complexity index is 558. The van der Waals surface area contributed by atoms with Gasteiger partial charge in [-0.3, -0.25) is 4.98 Å². The first-order chi connectivity index (χ1) is 8.70. The number of esters is 1. The van der Waals surface area contributed by atoms with Crippen LogP contribution < -0.4 is 0 Å². The number of carbonyl (C=O) groups is 1. The molecule has 0 atom stereocenters. The number of hydrogen-bond donors (Lipinski definition) is 0. The summed E-state index contributed by atoms with van der Waals surface area (Å²) in [7, 11) is 0. The molecule has 0 saturated carbocycles. The summed E-state index contributed by atoms with van der Waals surface area (Å²) >= 11 is 5.91. The number of carbonyl (C=O) groups excluding carboxylic acids is 1. The van der Waals surface area contributed by atoms with Crippen molar-refractivity contribution in [2.45, 2.75) is 6.92 Å². The molecule has 92 valence electrons. The molecular weight excluding hydrogens is 252 g/mol. The lowest BCUT2D eigenvalue weighted by Gasteiger charge is -2.05. The Morgan fingerprint density at radius 2 is 2.06 bits per heavy atom. The van der Waals surface area contributed by atoms with E-state index in [9.17, 15) is 4.79 Å². The van der Waals surface area contributed by atoms with Crippen LogP contribution in [0, 0.1) is 0 Å². The van der Waals surface area contributed by atoms with Crippen molar-refractivity contribution in [3.63, 3.8) is 0 Å². The third-order valence-electron chi connectivity index (χ3n) is 2.28. The third kappa shape index (κ3) is 2.84. The average Bonchev–Trinajstić information content (AvgIpc) is 2.39. The number of nitrogens with zero attached hydrogens (tertiary/aromatic N) is 2. The molecule has 0 unspecified atom stereocenters. The molecule has 0 aliphatic rings. The lowest BCUT2D eigenvalue weighted by Crippen LogP contribution is -2.05. The van der Waals surface area contributed by atoms with Crippen molar-refractivity contribution in [3.8, 4) is 11.3 Å². The van der Waals surface area contributed by atoms with Gasteiger partial charge in [-0.15, -0.1) is 0 Å². The first-order valence-corrected chi connectivity index (χ1v) is 5.83. The van der Waals surface area contributed by atoms with Crippen LogP contribution in [0.25, 0.3) is 11.3 Å². The van der Waals surface area contributed by atoms with E-state index >= 15 is 0 Å². The minimum absolute atomic E-state index is 0.257. The summed E-state index contributed by atoms with van der Waals surface area (Å²) in [6.45, 7) is 2.08. The summed E-state index contributed by atoms with van der Waals surface area (Å²) in [5.74, 6) is -0.405. The Hall–Kier alpha value is -1.94. The molecule has 0 saturated heterocycles. The minimum Gasteiger partial charge on any atom is -0.462 e. The fraction of sp³-hybridized carbons (Fsp3) is 0.154. The molecule has 2 aromatic rings. The second-order valence-electron chi connectivity index (χ2n) is 3.52. The van der Waals surface area contributed by atoms with Crippen molar-refractivity contribution in [3.05, 3.63) is 47.4 Å². The molecule has 0 fully saturated rings. The maximum absolute atomic E-state index is 11.7. The summed E-state index contributed by atoms with van der Waals surface area (Å²) in [5, 5.41) is 0.257. The van der Waals surface area contributed by atoms with Crippen LogP contribution in [0.2, 0.25) is 5.15 Å². The van der Waals surface area contributed by atoms with Gasteiger partial charge in [-0.2, -0.15) is 0 Å². The predicted molar refractivity (Wildman–Crippen MR) is 68.4 cm³/mol. The van der Waals surface area contributed by atoms with Crippen LogP contribution in [0.3, 0.4) is 0 Å². The van der Waals surface area contributed by atoms with Crippen LogP contribution >= 0.6 is 11.6 Å². The van der Waals surface area contributed by atoms with Crippen LogP contribution in [0.15, 0.2) is 36.7 Å². The summed E-state index contributed by atoms with van der Waals surface area (Å²) in [4.78, 5) is 19.8. The molecule has 0 aliphatic heterocycles. The van der Waals surface area contributed by atoms with Gasteiger partial charge in [0.15, 0.2) is 0 Å². The van der Waals surface area contributed by atoms with Crippen molar-refractivity contribution in [1.82, 2.24) is 9.97 Å². The van der Waals surface area contributed by atoms with Gasteiger partial charge in [0.25, 0.3) is 0 Å². The van der Waals surface area contributed by atoms with Gasteiger partial charge in [0.05, 0.1) is 17.9 Å². The monoisotopic (exact) mass is 262 g/mol. The van der Waals surface area contributed by atoms with Gasteiger partial charge in [0.1, 0.15) is 5.15 Å². The van der Waals surface area contributed by atoms with Crippen molar-refractivity contribution in [2.75, 3.05) is 6.61 Å². The molecule has 0 aromatic carbocycles. The van der Waals surface area contributed by atoms with E-state index in [1.54, 1.807) is 37.5 Å². The van der Waals surface area contributed by atoms with Gasteiger partial charge in [0, 0.05) is 18.0 Å². The topological polar surface area (TPSA) is 52.1 Å². The maximum atomic E-state index is 11.7. The molecule has 2 heterocycles. The van der Waals surface area contributed by atoms with E-state index in [0.717, 1.165) is 5.56 Å². The van der Waals surface area contributed by atoms with Crippen molar-refractivity contribution in [2.24, 2.45) is 0 Å². The van der Waals surface area contributed by atoms with Gasteiger partial charge in [-0.25, -0.2) is 9.78 Å². The van der Waals surface area contributed by atoms with Gasteiger partial charge >= 0.3 is 5.97 Å². The van der Waals surface area contributed by atoms with E-state index in [4.69, 9.17) is 16.3 Å². The van der Waals surface area contributed by atoms with Gasteiger partial charge in [-0.05, 0) is 31.2 Å². The maximum Gasteiger partial charge on any atom is 0.338 e. The summed E-state index contributed by atoms with van der Waals surface area (Å²) in [5.41, 5.74) is 1.86. The normalized spacial score (nSPS) is 10.1. The highest BCUT2D eigenvalue weighted by Crippen LogP contribution is 2.21. The van der Waals surface area contributed by atoms with Crippen LogP contribution in [-0.4, -0.2) is 22.5 Å². The van der Waals surface area contributed by atoms with Crippen LogP contribution in [0.1, 0.15) is 17.3 Å². The summed E-state index contributed by atoms with van der Waals surface area (Å²) in [6, 6.07) is 6.74. The lowest BCUT2D eigenvalue weighted by molar-refractivity contribution is 0.0526. The van der Waals surface area contributed by atoms with E-state index in [-0.39, 0.29) is 5.15 Å². The second kappa shape index (κ2) is 5.60. The van der Waals surface area contributed by atoms with Crippen LogP contribution in [-0.2, 0) is 4.74 Å². The molecule has 5 heteroatoms. The summed E-state index contributed by atoms with van der Waals surface area (Å²) in [6.07, 6.45) is 3.31. The molecule has 4 nitrogen and oxygen atoms in total. The Kier molecular flexibility index (Phi) is 3.89. The van der Waals surface area contributed by atoms with E-state index in [1.165, 1.54) is 6.07 Å². The third-order valence-corrected chi connectivity index (χ3v) is 2.47. The molecular formula is C13H11ClN2O2. The number of rotatable bonds is 3. The standard InChI is InChI=1S/C13H11ClN2O2/c1-2-18-13(17)10-7-11(16-12(14)8-10)9-3-5-15-6-4-9/h3-8H,2H2,1H3. The second-order valence-corrected chi connectivity index (χ2v) is 3.91. The van der Waals surface area contributed by atoms with Crippen molar-refractivity contribution in [1.29, 1.82) is 0 Å². The minimum atomic E-state index is -0.405. The predicted octanol–water partition coefficient (Wildman–Crippen LogP) is 2.97. The Morgan fingerprint density at radius 1 is 1.33 bits per heavy atom. The highest BCUT2D eigenvalue weighted by atomic mass is 35.5. The Balaban J connectivity index is 2.41. The molecule has 0 N–H and O–H groups in total. The largest absolute Gasteiger partial charge is 0.462 e. The molecule has 0 bridgehead atoms. The molecule has 0 amide bonds. The highest BCUT2D eigenvalue weighted by Gasteiger charge is 2.11. The van der Waals surface area contributed by atoms with E-state index in [0.29, 0.717) is 17.9 Å². The van der Waals surface area contributed by atoms with E-state index < -0.39 is 5.97 Å².